The lowest BCUT2D eigenvalue weighted by Gasteiger charge is -2.10. The van der Waals surface area contributed by atoms with Gasteiger partial charge in [-0.05, 0) is 29.8 Å². The van der Waals surface area contributed by atoms with E-state index in [4.69, 9.17) is 9.88 Å². The predicted octanol–water partition coefficient (Wildman–Crippen LogP) is 4.14. The molecule has 3 aromatic rings. The maximum atomic E-state index is 14.3. The Morgan fingerprint density at radius 2 is 1.83 bits per heavy atom. The number of rotatable bonds is 7. The molecule has 1 aromatic heterocycles. The first-order valence-electron chi connectivity index (χ1n) is 8.64. The summed E-state index contributed by atoms with van der Waals surface area (Å²) < 4.78 is 71.2. The van der Waals surface area contributed by atoms with Gasteiger partial charge >= 0.3 is 0 Å². The molecule has 158 valence electrons. The van der Waals surface area contributed by atoms with Gasteiger partial charge < -0.3 is 4.74 Å². The molecule has 0 radical (unpaired) electrons. The Hall–Kier alpha value is -3.11. The lowest BCUT2D eigenvalue weighted by Crippen LogP contribution is -2.11. The topological polar surface area (TPSA) is 87.2 Å². The number of ether oxygens (including phenoxy) is 1. The van der Waals surface area contributed by atoms with E-state index in [9.17, 15) is 21.6 Å². The summed E-state index contributed by atoms with van der Waals surface area (Å²) in [7, 11) is -2.63. The van der Waals surface area contributed by atoms with Gasteiger partial charge in [0.05, 0.1) is 18.6 Å². The normalized spacial score (nSPS) is 11.7. The monoisotopic (exact) mass is 437 g/mol. The molecule has 30 heavy (non-hydrogen) atoms. The third-order valence-electron chi connectivity index (χ3n) is 4.40. The number of halogens is 3. The highest BCUT2D eigenvalue weighted by Gasteiger charge is 2.27. The molecule has 0 aliphatic heterocycles. The lowest BCUT2D eigenvalue weighted by molar-refractivity contribution is 0.140. The number of alkyl halides is 2. The molecule has 3 rings (SSSR count). The number of sulfonamides is 1. The van der Waals surface area contributed by atoms with E-state index >= 15 is 0 Å². The number of allylic oxidation sites excluding steroid dienone is 1. The second-order valence-electron chi connectivity index (χ2n) is 6.30. The highest BCUT2D eigenvalue weighted by Crippen LogP contribution is 2.40. The number of aromatic nitrogens is 2. The first-order chi connectivity index (χ1) is 14.2. The van der Waals surface area contributed by atoms with E-state index in [1.54, 1.807) is 0 Å². The fourth-order valence-electron chi connectivity index (χ4n) is 3.07. The van der Waals surface area contributed by atoms with E-state index in [1.807, 2.05) is 0 Å². The van der Waals surface area contributed by atoms with Gasteiger partial charge in [-0.2, -0.15) is 5.10 Å². The molecule has 0 aliphatic rings. The molecule has 0 atom stereocenters. The average Bonchev–Trinajstić information content (AvgIpc) is 3.07. The van der Waals surface area contributed by atoms with Gasteiger partial charge in [0.15, 0.2) is 11.6 Å². The van der Waals surface area contributed by atoms with Crippen LogP contribution in [-0.4, -0.2) is 25.3 Å². The van der Waals surface area contributed by atoms with E-state index in [-0.39, 0.29) is 34.0 Å². The van der Waals surface area contributed by atoms with Crippen LogP contribution in [0.1, 0.15) is 12.1 Å². The summed E-state index contributed by atoms with van der Waals surface area (Å²) in [6, 6.07) is 9.17. The number of nitrogens with two attached hydrogens (primary N) is 1. The molecule has 0 fully saturated rings. The van der Waals surface area contributed by atoms with Gasteiger partial charge in [-0.15, -0.1) is 6.58 Å². The van der Waals surface area contributed by atoms with Crippen LogP contribution in [0.3, 0.4) is 0 Å². The number of nitrogens with zero attached hydrogens (tertiary/aromatic N) is 2. The summed E-state index contributed by atoms with van der Waals surface area (Å²) in [5.41, 5.74) is 0.280. The quantitative estimate of drug-likeness (QED) is 0.563. The number of benzene rings is 2. The molecular formula is C20H18F3N3O3S. The number of hydrogen-bond acceptors (Lipinski definition) is 4. The molecule has 2 N–H and O–H groups in total. The maximum absolute atomic E-state index is 14.3. The van der Waals surface area contributed by atoms with Crippen LogP contribution in [0.2, 0.25) is 0 Å². The molecule has 0 saturated heterocycles. The van der Waals surface area contributed by atoms with Crippen molar-refractivity contribution in [3.63, 3.8) is 0 Å². The second-order valence-corrected chi connectivity index (χ2v) is 7.86. The minimum absolute atomic E-state index is 0.000568. The summed E-state index contributed by atoms with van der Waals surface area (Å²) in [6.45, 7) is 3.55. The highest BCUT2D eigenvalue weighted by molar-refractivity contribution is 7.89. The van der Waals surface area contributed by atoms with Crippen molar-refractivity contribution in [3.8, 4) is 28.1 Å². The first kappa shape index (κ1) is 21.6. The van der Waals surface area contributed by atoms with Gasteiger partial charge in [0.25, 0.3) is 6.43 Å². The van der Waals surface area contributed by atoms with Gasteiger partial charge in [-0.3, -0.25) is 4.68 Å². The Balaban J connectivity index is 2.28. The number of hydrogen-bond donors (Lipinski definition) is 1. The molecule has 0 saturated carbocycles. The molecule has 6 nitrogen and oxygen atoms in total. The van der Waals surface area contributed by atoms with Crippen LogP contribution in [-0.2, 0) is 16.6 Å². The Bertz CT molecular complexity index is 1190. The molecule has 0 unspecified atom stereocenters. The SMILES string of the molecule is C=CCn1nc(-c2ccc(S(N)(=O)=O)cc2)c(-c2ccc(OC)c(F)c2)c1C(F)F. The number of methoxy groups -OCH3 is 1. The first-order valence-corrected chi connectivity index (χ1v) is 10.2. The Labute approximate surface area is 171 Å². The fraction of sp³-hybridized carbons (Fsp3) is 0.150. The van der Waals surface area contributed by atoms with Crippen molar-refractivity contribution in [3.05, 3.63) is 66.6 Å². The van der Waals surface area contributed by atoms with Crippen LogP contribution >= 0.6 is 0 Å². The van der Waals surface area contributed by atoms with Gasteiger partial charge in [-0.1, -0.05) is 24.3 Å². The zero-order valence-electron chi connectivity index (χ0n) is 15.8. The standard InChI is InChI=1S/C20H18F3N3O3S/c1-3-10-26-19(20(22)23)17(13-6-9-16(29-2)15(21)11-13)18(25-26)12-4-7-14(8-5-12)30(24,27)28/h3-9,11,20H,1,10H2,2H3,(H2,24,27,28). The van der Waals surface area contributed by atoms with Gasteiger partial charge in [0.1, 0.15) is 11.4 Å². The van der Waals surface area contributed by atoms with E-state index < -0.39 is 28.0 Å². The summed E-state index contributed by atoms with van der Waals surface area (Å²) in [5.74, 6) is -0.753. The fourth-order valence-corrected chi connectivity index (χ4v) is 3.58. The van der Waals surface area contributed by atoms with Crippen molar-refractivity contribution in [1.82, 2.24) is 9.78 Å². The molecule has 0 amide bonds. The van der Waals surface area contributed by atoms with Crippen molar-refractivity contribution < 1.29 is 26.3 Å². The molecule has 2 aromatic carbocycles. The third-order valence-corrected chi connectivity index (χ3v) is 5.33. The maximum Gasteiger partial charge on any atom is 0.280 e. The van der Waals surface area contributed by atoms with Crippen molar-refractivity contribution in [2.75, 3.05) is 7.11 Å². The Kier molecular flexibility index (Phi) is 5.99. The second kappa shape index (κ2) is 8.33. The van der Waals surface area contributed by atoms with Crippen molar-refractivity contribution in [2.24, 2.45) is 5.14 Å². The summed E-state index contributed by atoms with van der Waals surface area (Å²) >= 11 is 0. The van der Waals surface area contributed by atoms with Crippen molar-refractivity contribution in [1.29, 1.82) is 0 Å². The van der Waals surface area contributed by atoms with E-state index in [2.05, 4.69) is 11.7 Å². The summed E-state index contributed by atoms with van der Waals surface area (Å²) in [5, 5.41) is 9.37. The molecule has 0 aliphatic carbocycles. The van der Waals surface area contributed by atoms with Gasteiger partial charge in [0.2, 0.25) is 10.0 Å². The molecule has 0 spiro atoms. The highest BCUT2D eigenvalue weighted by atomic mass is 32.2. The van der Waals surface area contributed by atoms with Crippen LogP contribution in [0.25, 0.3) is 22.4 Å². The van der Waals surface area contributed by atoms with E-state index in [0.29, 0.717) is 5.56 Å². The van der Waals surface area contributed by atoms with E-state index in [0.717, 1.165) is 10.7 Å². The Morgan fingerprint density at radius 1 is 1.20 bits per heavy atom. The third kappa shape index (κ3) is 4.10. The van der Waals surface area contributed by atoms with Gasteiger partial charge in [-0.25, -0.2) is 26.7 Å². The smallest absolute Gasteiger partial charge is 0.280 e. The molecular weight excluding hydrogens is 419 g/mol. The largest absolute Gasteiger partial charge is 0.494 e. The van der Waals surface area contributed by atoms with Crippen molar-refractivity contribution >= 4 is 10.0 Å². The number of primary sulfonamides is 1. The summed E-state index contributed by atoms with van der Waals surface area (Å²) in [4.78, 5) is -0.136. The lowest BCUT2D eigenvalue weighted by atomic mass is 9.98. The molecule has 10 heteroatoms. The van der Waals surface area contributed by atoms with Gasteiger partial charge in [0, 0.05) is 11.1 Å². The average molecular weight is 437 g/mol. The van der Waals surface area contributed by atoms with Crippen LogP contribution in [0, 0.1) is 5.82 Å². The summed E-state index contributed by atoms with van der Waals surface area (Å²) in [6.07, 6.45) is -1.50. The predicted molar refractivity (Wildman–Crippen MR) is 106 cm³/mol. The zero-order chi connectivity index (χ0) is 22.1. The van der Waals surface area contributed by atoms with Crippen molar-refractivity contribution in [2.45, 2.75) is 17.9 Å². The minimum Gasteiger partial charge on any atom is -0.494 e. The zero-order valence-corrected chi connectivity index (χ0v) is 16.7. The van der Waals surface area contributed by atoms with Crippen LogP contribution in [0.4, 0.5) is 13.2 Å². The Morgan fingerprint density at radius 3 is 2.33 bits per heavy atom. The van der Waals surface area contributed by atoms with Crippen LogP contribution in [0.5, 0.6) is 5.75 Å². The van der Waals surface area contributed by atoms with E-state index in [1.165, 1.54) is 49.6 Å². The molecule has 0 bridgehead atoms. The minimum atomic E-state index is -3.92. The molecule has 1 heterocycles. The van der Waals surface area contributed by atoms with Crippen LogP contribution in [0.15, 0.2) is 60.0 Å². The van der Waals surface area contributed by atoms with Crippen LogP contribution < -0.4 is 9.88 Å².